The van der Waals surface area contributed by atoms with E-state index < -0.39 is 0 Å². The lowest BCUT2D eigenvalue weighted by Crippen LogP contribution is -2.25. The van der Waals surface area contributed by atoms with E-state index in [1.165, 1.54) is 11.8 Å². The van der Waals surface area contributed by atoms with Crippen LogP contribution in [0.4, 0.5) is 5.82 Å². The predicted molar refractivity (Wildman–Crippen MR) is 100 cm³/mol. The number of thioether (sulfide) groups is 1. The number of tetrazole rings is 1. The molecule has 0 aliphatic rings. The fraction of sp³-hybridized carbons (Fsp3) is 0.353. The smallest absolute Gasteiger partial charge is 0.238 e. The number of carbonyl (C=O) groups is 1. The second-order valence-electron chi connectivity index (χ2n) is 6.22. The molecule has 8 nitrogen and oxygen atoms in total. The van der Waals surface area contributed by atoms with Gasteiger partial charge in [0.05, 0.1) is 17.1 Å². The first-order valence-corrected chi connectivity index (χ1v) is 9.20. The Hall–Kier alpha value is -2.68. The number of hydrogen-bond donors (Lipinski definition) is 1. The van der Waals surface area contributed by atoms with Gasteiger partial charge in [-0.15, -0.1) is 5.10 Å². The molecule has 0 radical (unpaired) electrons. The molecule has 9 heteroatoms. The van der Waals surface area contributed by atoms with Gasteiger partial charge in [-0.3, -0.25) is 4.79 Å². The van der Waals surface area contributed by atoms with Crippen LogP contribution < -0.4 is 5.32 Å². The number of benzene rings is 1. The third-order valence-electron chi connectivity index (χ3n) is 3.75. The van der Waals surface area contributed by atoms with Gasteiger partial charge in [0.25, 0.3) is 0 Å². The molecule has 0 spiro atoms. The molecule has 3 aromatic rings. The number of aromatic nitrogens is 6. The van der Waals surface area contributed by atoms with Gasteiger partial charge in [-0.1, -0.05) is 23.9 Å². The average Bonchev–Trinajstić information content (AvgIpc) is 3.24. The first-order chi connectivity index (χ1) is 12.5. The molecule has 0 saturated carbocycles. The van der Waals surface area contributed by atoms with E-state index in [1.807, 2.05) is 52.0 Å². The van der Waals surface area contributed by atoms with Crippen LogP contribution in [-0.2, 0) is 4.79 Å². The summed E-state index contributed by atoms with van der Waals surface area (Å²) in [5, 5.41) is 19.2. The quantitative estimate of drug-likeness (QED) is 0.670. The van der Waals surface area contributed by atoms with Crippen LogP contribution in [0.25, 0.3) is 5.69 Å². The van der Waals surface area contributed by atoms with Crippen LogP contribution in [-0.4, -0.2) is 41.1 Å². The zero-order valence-corrected chi connectivity index (χ0v) is 15.9. The summed E-state index contributed by atoms with van der Waals surface area (Å²) in [4.78, 5) is 12.6. The summed E-state index contributed by atoms with van der Waals surface area (Å²) in [6.07, 6.45) is 1.67. The van der Waals surface area contributed by atoms with Crippen LogP contribution in [0.2, 0.25) is 0 Å². The van der Waals surface area contributed by atoms with E-state index in [1.54, 1.807) is 21.6 Å². The van der Waals surface area contributed by atoms with E-state index in [0.29, 0.717) is 11.0 Å². The third-order valence-corrected chi connectivity index (χ3v) is 4.78. The van der Waals surface area contributed by atoms with E-state index in [-0.39, 0.29) is 17.2 Å². The highest BCUT2D eigenvalue weighted by Gasteiger charge is 2.20. The maximum absolute atomic E-state index is 12.6. The number of nitrogens with one attached hydrogen (secondary N) is 1. The van der Waals surface area contributed by atoms with Gasteiger partial charge in [-0.05, 0) is 55.8 Å². The van der Waals surface area contributed by atoms with E-state index >= 15 is 0 Å². The molecule has 1 aromatic carbocycles. The lowest BCUT2D eigenvalue weighted by Gasteiger charge is -2.14. The van der Waals surface area contributed by atoms with Gasteiger partial charge < -0.3 is 5.32 Å². The Morgan fingerprint density at radius 3 is 2.77 bits per heavy atom. The monoisotopic (exact) mass is 371 g/mol. The average molecular weight is 371 g/mol. The molecule has 0 bridgehead atoms. The molecule has 0 saturated heterocycles. The molecular formula is C17H21N7OS. The topological polar surface area (TPSA) is 90.5 Å². The highest BCUT2D eigenvalue weighted by molar-refractivity contribution is 8.00. The van der Waals surface area contributed by atoms with Crippen molar-refractivity contribution in [2.75, 3.05) is 5.32 Å². The maximum Gasteiger partial charge on any atom is 0.238 e. The molecule has 1 N–H and O–H groups in total. The minimum atomic E-state index is -0.375. The number of rotatable bonds is 6. The van der Waals surface area contributed by atoms with Crippen molar-refractivity contribution in [3.8, 4) is 5.69 Å². The number of carbonyl (C=O) groups excluding carboxylic acids is 1. The van der Waals surface area contributed by atoms with Gasteiger partial charge in [0, 0.05) is 12.1 Å². The summed E-state index contributed by atoms with van der Waals surface area (Å²) in [6.45, 7) is 7.85. The highest BCUT2D eigenvalue weighted by atomic mass is 32.2. The summed E-state index contributed by atoms with van der Waals surface area (Å²) in [5.41, 5.74) is 1.98. The third kappa shape index (κ3) is 3.93. The fourth-order valence-electron chi connectivity index (χ4n) is 2.44. The number of hydrogen-bond acceptors (Lipinski definition) is 6. The maximum atomic E-state index is 12.6. The van der Waals surface area contributed by atoms with Gasteiger partial charge in [-0.25, -0.2) is 4.68 Å². The molecule has 0 fully saturated rings. The lowest BCUT2D eigenvalue weighted by atomic mass is 10.2. The number of amides is 1. The van der Waals surface area contributed by atoms with Crippen LogP contribution in [0.5, 0.6) is 0 Å². The summed E-state index contributed by atoms with van der Waals surface area (Å²) in [6, 6.07) is 9.83. The minimum Gasteiger partial charge on any atom is -0.310 e. The van der Waals surface area contributed by atoms with Crippen LogP contribution in [0.1, 0.15) is 32.4 Å². The number of nitrogens with zero attached hydrogens (tertiary/aromatic N) is 6. The standard InChI is InChI=1S/C17H21N7OS/c1-11(2)23-15(8-9-18-23)19-16(25)13(4)26-17-20-21-22-24(17)14-7-5-6-12(3)10-14/h5-11,13H,1-4H3,(H,19,25). The predicted octanol–water partition coefficient (Wildman–Crippen LogP) is 2.87. The largest absolute Gasteiger partial charge is 0.310 e. The number of anilines is 1. The van der Waals surface area contributed by atoms with Crippen molar-refractivity contribution in [2.24, 2.45) is 0 Å². The molecule has 0 aliphatic carbocycles. The van der Waals surface area contributed by atoms with Crippen LogP contribution >= 0.6 is 11.8 Å². The Kier molecular flexibility index (Phi) is 5.36. The van der Waals surface area contributed by atoms with Crippen molar-refractivity contribution in [1.29, 1.82) is 0 Å². The Bertz CT molecular complexity index is 902. The van der Waals surface area contributed by atoms with E-state index in [9.17, 15) is 4.79 Å². The van der Waals surface area contributed by atoms with Crippen molar-refractivity contribution in [3.05, 3.63) is 42.1 Å². The normalized spacial score (nSPS) is 12.3. The Labute approximate surface area is 156 Å². The molecule has 1 atom stereocenters. The van der Waals surface area contributed by atoms with Crippen molar-refractivity contribution in [1.82, 2.24) is 30.0 Å². The second-order valence-corrected chi connectivity index (χ2v) is 7.52. The molecule has 2 aromatic heterocycles. The highest BCUT2D eigenvalue weighted by Crippen LogP contribution is 2.24. The summed E-state index contributed by atoms with van der Waals surface area (Å²) >= 11 is 1.31. The van der Waals surface area contributed by atoms with Crippen molar-refractivity contribution in [2.45, 2.75) is 44.1 Å². The molecule has 1 amide bonds. The van der Waals surface area contributed by atoms with Crippen molar-refractivity contribution < 1.29 is 4.79 Å². The molecular weight excluding hydrogens is 350 g/mol. The summed E-state index contributed by atoms with van der Waals surface area (Å²) in [5.74, 6) is 0.548. The Balaban J connectivity index is 1.72. The van der Waals surface area contributed by atoms with Crippen LogP contribution in [0.15, 0.2) is 41.7 Å². The van der Waals surface area contributed by atoms with Crippen molar-refractivity contribution in [3.63, 3.8) is 0 Å². The van der Waals surface area contributed by atoms with Gasteiger partial charge in [0.2, 0.25) is 11.1 Å². The van der Waals surface area contributed by atoms with Gasteiger partial charge in [-0.2, -0.15) is 9.78 Å². The van der Waals surface area contributed by atoms with Gasteiger partial charge >= 0.3 is 0 Å². The summed E-state index contributed by atoms with van der Waals surface area (Å²) < 4.78 is 3.41. The van der Waals surface area contributed by atoms with Gasteiger partial charge in [0.15, 0.2) is 0 Å². The fourth-order valence-corrected chi connectivity index (χ4v) is 3.25. The van der Waals surface area contributed by atoms with Crippen LogP contribution in [0.3, 0.4) is 0 Å². The molecule has 1 unspecified atom stereocenters. The Morgan fingerprint density at radius 1 is 1.23 bits per heavy atom. The lowest BCUT2D eigenvalue weighted by molar-refractivity contribution is -0.115. The first kappa shape index (κ1) is 18.1. The van der Waals surface area contributed by atoms with Crippen LogP contribution in [0, 0.1) is 6.92 Å². The minimum absolute atomic E-state index is 0.129. The number of aryl methyl sites for hydroxylation is 1. The Morgan fingerprint density at radius 2 is 2.04 bits per heavy atom. The van der Waals surface area contributed by atoms with Gasteiger partial charge in [0.1, 0.15) is 5.82 Å². The SMILES string of the molecule is Cc1cccc(-n2nnnc2SC(C)C(=O)Nc2ccnn2C(C)C)c1. The molecule has 136 valence electrons. The van der Waals surface area contributed by atoms with E-state index in [4.69, 9.17) is 0 Å². The molecule has 0 aliphatic heterocycles. The summed E-state index contributed by atoms with van der Waals surface area (Å²) in [7, 11) is 0. The molecule has 2 heterocycles. The molecule has 26 heavy (non-hydrogen) atoms. The first-order valence-electron chi connectivity index (χ1n) is 8.32. The zero-order valence-electron chi connectivity index (χ0n) is 15.1. The van der Waals surface area contributed by atoms with E-state index in [2.05, 4.69) is 25.9 Å². The van der Waals surface area contributed by atoms with Crippen molar-refractivity contribution >= 4 is 23.5 Å². The second kappa shape index (κ2) is 7.69. The van der Waals surface area contributed by atoms with E-state index in [0.717, 1.165) is 11.3 Å². The zero-order chi connectivity index (χ0) is 18.7. The molecule has 3 rings (SSSR count).